The molecule has 0 radical (unpaired) electrons. The molecule has 0 aliphatic heterocycles. The molecule has 0 unspecified atom stereocenters. The minimum absolute atomic E-state index is 0.233. The van der Waals surface area contributed by atoms with Crippen LogP contribution in [0.1, 0.15) is 26.3 Å². The molecule has 0 fully saturated rings. The second-order valence-corrected chi connectivity index (χ2v) is 8.42. The van der Waals surface area contributed by atoms with Gasteiger partial charge in [0, 0.05) is 16.0 Å². The second kappa shape index (κ2) is 10.2. The molecule has 0 aromatic heterocycles. The third kappa shape index (κ3) is 4.86. The second-order valence-electron chi connectivity index (χ2n) is 7.58. The van der Waals surface area contributed by atoms with Crippen molar-refractivity contribution in [1.82, 2.24) is 0 Å². The molecule has 7 heteroatoms. The van der Waals surface area contributed by atoms with E-state index in [-0.39, 0.29) is 18.0 Å². The van der Waals surface area contributed by atoms with E-state index in [2.05, 4.69) is 0 Å². The number of methoxy groups -OCH3 is 2. The highest BCUT2D eigenvalue weighted by atomic mass is 35.5. The molecular formula is C27H21Cl2NO4. The molecule has 0 aliphatic carbocycles. The molecule has 4 rings (SSSR count). The Labute approximate surface area is 207 Å². The number of halogens is 2. The smallest absolute Gasteiger partial charge is 0.337 e. The minimum Gasteiger partial charge on any atom is -0.497 e. The van der Waals surface area contributed by atoms with Crippen LogP contribution in [0.15, 0.2) is 78.9 Å². The van der Waals surface area contributed by atoms with E-state index in [1.54, 1.807) is 60.5 Å². The Morgan fingerprint density at radius 1 is 0.853 bits per heavy atom. The summed E-state index contributed by atoms with van der Waals surface area (Å²) in [4.78, 5) is 27.8. The highest BCUT2D eigenvalue weighted by Crippen LogP contribution is 2.38. The number of amides is 1. The van der Waals surface area contributed by atoms with E-state index < -0.39 is 5.97 Å². The van der Waals surface area contributed by atoms with Gasteiger partial charge in [0.15, 0.2) is 0 Å². The van der Waals surface area contributed by atoms with Crippen molar-refractivity contribution in [3.05, 3.63) is 106 Å². The molecule has 0 atom stereocenters. The molecule has 0 N–H and O–H groups in total. The summed E-state index contributed by atoms with van der Waals surface area (Å²) in [6.45, 7) is 0.233. The van der Waals surface area contributed by atoms with E-state index in [4.69, 9.17) is 32.7 Å². The zero-order chi connectivity index (χ0) is 24.2. The zero-order valence-electron chi connectivity index (χ0n) is 18.5. The van der Waals surface area contributed by atoms with Crippen LogP contribution in [0.5, 0.6) is 5.75 Å². The van der Waals surface area contributed by atoms with E-state index >= 15 is 0 Å². The number of ether oxygens (including phenoxy) is 2. The van der Waals surface area contributed by atoms with Crippen molar-refractivity contribution in [2.75, 3.05) is 19.1 Å². The number of nitrogens with zero attached hydrogens (tertiary/aromatic N) is 1. The summed E-state index contributed by atoms with van der Waals surface area (Å²) in [7, 11) is 2.90. The quantitative estimate of drug-likeness (QED) is 0.277. The van der Waals surface area contributed by atoms with Crippen molar-refractivity contribution in [3.63, 3.8) is 0 Å². The summed E-state index contributed by atoms with van der Waals surface area (Å²) in [5.74, 6) is -0.0675. The van der Waals surface area contributed by atoms with Crippen molar-refractivity contribution in [2.45, 2.75) is 6.54 Å². The monoisotopic (exact) mass is 493 g/mol. The first kappa shape index (κ1) is 23.6. The van der Waals surface area contributed by atoms with Crippen LogP contribution in [0.2, 0.25) is 10.0 Å². The maximum atomic E-state index is 13.8. The van der Waals surface area contributed by atoms with Crippen LogP contribution >= 0.6 is 23.2 Å². The van der Waals surface area contributed by atoms with Crippen molar-refractivity contribution in [1.29, 1.82) is 0 Å². The third-order valence-corrected chi connectivity index (χ3v) is 5.94. The number of carbonyl (C=O) groups excluding carboxylic acids is 2. The summed E-state index contributed by atoms with van der Waals surface area (Å²) in [6.07, 6.45) is 0. The largest absolute Gasteiger partial charge is 0.497 e. The van der Waals surface area contributed by atoms with Crippen LogP contribution in [-0.4, -0.2) is 26.1 Å². The number of esters is 1. The SMILES string of the molecule is COC(=O)c1cc(N(Cc2ccc(OC)cc2)C(=O)c2ccccc2)c2c(Cl)cc(Cl)cc2c1. The molecule has 172 valence electrons. The van der Waals surface area contributed by atoms with Gasteiger partial charge in [-0.2, -0.15) is 0 Å². The Balaban J connectivity index is 1.94. The van der Waals surface area contributed by atoms with E-state index in [1.807, 2.05) is 30.3 Å². The minimum atomic E-state index is -0.532. The van der Waals surface area contributed by atoms with Gasteiger partial charge in [-0.15, -0.1) is 0 Å². The topological polar surface area (TPSA) is 55.8 Å². The highest BCUT2D eigenvalue weighted by molar-refractivity contribution is 6.40. The lowest BCUT2D eigenvalue weighted by molar-refractivity contribution is 0.0600. The van der Waals surface area contributed by atoms with Crippen LogP contribution in [0.3, 0.4) is 0 Å². The number of hydrogen-bond acceptors (Lipinski definition) is 4. The normalized spacial score (nSPS) is 10.7. The van der Waals surface area contributed by atoms with Gasteiger partial charge in [-0.1, -0.05) is 53.5 Å². The Morgan fingerprint density at radius 3 is 2.21 bits per heavy atom. The molecule has 0 saturated carbocycles. The lowest BCUT2D eigenvalue weighted by Crippen LogP contribution is -2.31. The molecule has 34 heavy (non-hydrogen) atoms. The number of carbonyl (C=O) groups is 2. The van der Waals surface area contributed by atoms with Crippen LogP contribution in [0.25, 0.3) is 10.8 Å². The molecule has 4 aromatic carbocycles. The van der Waals surface area contributed by atoms with Crippen molar-refractivity contribution in [3.8, 4) is 5.75 Å². The fourth-order valence-electron chi connectivity index (χ4n) is 3.77. The van der Waals surface area contributed by atoms with Crippen molar-refractivity contribution < 1.29 is 19.1 Å². The first-order valence-electron chi connectivity index (χ1n) is 10.4. The fraction of sp³-hybridized carbons (Fsp3) is 0.111. The third-order valence-electron chi connectivity index (χ3n) is 5.42. The molecule has 0 spiro atoms. The summed E-state index contributed by atoms with van der Waals surface area (Å²) in [6, 6.07) is 23.0. The molecule has 0 aliphatic rings. The van der Waals surface area contributed by atoms with E-state index in [0.717, 1.165) is 5.56 Å². The molecule has 1 amide bonds. The predicted molar refractivity (Wildman–Crippen MR) is 135 cm³/mol. The van der Waals surface area contributed by atoms with Gasteiger partial charge in [0.25, 0.3) is 5.91 Å². The zero-order valence-corrected chi connectivity index (χ0v) is 20.1. The molecular weight excluding hydrogens is 473 g/mol. The van der Waals surface area contributed by atoms with Gasteiger partial charge in [0.1, 0.15) is 5.75 Å². The van der Waals surface area contributed by atoms with Gasteiger partial charge in [-0.05, 0) is 59.5 Å². The summed E-state index contributed by atoms with van der Waals surface area (Å²) in [5, 5.41) is 2.02. The molecule has 4 aromatic rings. The molecule has 0 heterocycles. The fourth-order valence-corrected chi connectivity index (χ4v) is 4.38. The Hall–Kier alpha value is -3.54. The highest BCUT2D eigenvalue weighted by Gasteiger charge is 2.24. The first-order valence-corrected chi connectivity index (χ1v) is 11.2. The lowest BCUT2D eigenvalue weighted by atomic mass is 10.0. The maximum absolute atomic E-state index is 13.8. The number of benzene rings is 4. The van der Waals surface area contributed by atoms with Gasteiger partial charge < -0.3 is 14.4 Å². The lowest BCUT2D eigenvalue weighted by Gasteiger charge is -2.26. The average molecular weight is 494 g/mol. The Bertz CT molecular complexity index is 1350. The molecule has 5 nitrogen and oxygen atoms in total. The van der Waals surface area contributed by atoms with E-state index in [0.29, 0.717) is 37.8 Å². The van der Waals surface area contributed by atoms with E-state index in [1.165, 1.54) is 7.11 Å². The van der Waals surface area contributed by atoms with Gasteiger partial charge in [0.2, 0.25) is 0 Å². The average Bonchev–Trinajstić information content (AvgIpc) is 2.86. The van der Waals surface area contributed by atoms with Crippen molar-refractivity contribution >= 4 is 51.5 Å². The van der Waals surface area contributed by atoms with Gasteiger partial charge in [-0.25, -0.2) is 4.79 Å². The standard InChI is InChI=1S/C27H21Cl2NO4/c1-33-22-10-8-17(9-11-22)16-30(26(31)18-6-4-3-5-7-18)24-14-20(27(32)34-2)12-19-13-21(28)15-23(29)25(19)24/h3-15H,16H2,1-2H3. The summed E-state index contributed by atoms with van der Waals surface area (Å²) < 4.78 is 10.2. The van der Waals surface area contributed by atoms with E-state index in [9.17, 15) is 9.59 Å². The molecule has 0 saturated heterocycles. The number of fused-ring (bicyclic) bond motifs is 1. The Morgan fingerprint density at radius 2 is 1.56 bits per heavy atom. The summed E-state index contributed by atoms with van der Waals surface area (Å²) in [5.41, 5.74) is 2.12. The van der Waals surface area contributed by atoms with Crippen molar-refractivity contribution in [2.24, 2.45) is 0 Å². The van der Waals surface area contributed by atoms with Crippen LogP contribution in [-0.2, 0) is 11.3 Å². The van der Waals surface area contributed by atoms with Crippen LogP contribution < -0.4 is 9.64 Å². The Kier molecular flexibility index (Phi) is 7.06. The number of rotatable bonds is 6. The maximum Gasteiger partial charge on any atom is 0.337 e. The summed E-state index contributed by atoms with van der Waals surface area (Å²) >= 11 is 12.9. The van der Waals surface area contributed by atoms with Crippen LogP contribution in [0, 0.1) is 0 Å². The van der Waals surface area contributed by atoms with Gasteiger partial charge in [0.05, 0.1) is 37.0 Å². The van der Waals surface area contributed by atoms with Gasteiger partial charge >= 0.3 is 5.97 Å². The van der Waals surface area contributed by atoms with Gasteiger partial charge in [-0.3, -0.25) is 4.79 Å². The van der Waals surface area contributed by atoms with Crippen LogP contribution in [0.4, 0.5) is 5.69 Å². The number of anilines is 1. The number of hydrogen-bond donors (Lipinski definition) is 0. The first-order chi connectivity index (χ1) is 16.4. The molecule has 0 bridgehead atoms. The predicted octanol–water partition coefficient (Wildman–Crippen LogP) is 6.79.